The number of carbonyl (C=O) groups is 3. The fraction of sp³-hybridized carbons (Fsp3) is 0.667. The largest absolute Gasteiger partial charge is 0.508 e. The highest BCUT2D eigenvalue weighted by Crippen LogP contribution is 2.29. The van der Waals surface area contributed by atoms with Crippen LogP contribution < -0.4 is 10.6 Å². The third kappa shape index (κ3) is 12.0. The molecule has 8 heteroatoms. The Morgan fingerprint density at radius 3 is 2.20 bits per heavy atom. The van der Waals surface area contributed by atoms with Crippen molar-refractivity contribution in [2.75, 3.05) is 19.6 Å². The van der Waals surface area contributed by atoms with Crippen LogP contribution in [0.4, 0.5) is 4.79 Å². The Hall–Kier alpha value is -2.77. The molecule has 0 radical (unpaired) electrons. The van der Waals surface area contributed by atoms with Crippen molar-refractivity contribution in [3.63, 3.8) is 0 Å². The Labute approximate surface area is 210 Å². The Balaban J connectivity index is 3.13. The monoisotopic (exact) mass is 491 g/mol. The van der Waals surface area contributed by atoms with E-state index in [-0.39, 0.29) is 18.2 Å². The molecule has 1 aromatic carbocycles. The number of ether oxygens (including phenoxy) is 1. The van der Waals surface area contributed by atoms with Gasteiger partial charge >= 0.3 is 6.09 Å². The smallest absolute Gasteiger partial charge is 0.408 e. The number of para-hydroxylation sites is 1. The summed E-state index contributed by atoms with van der Waals surface area (Å²) in [6.07, 6.45) is 7.03. The highest BCUT2D eigenvalue weighted by molar-refractivity contribution is 5.90. The summed E-state index contributed by atoms with van der Waals surface area (Å²) < 4.78 is 5.24. The van der Waals surface area contributed by atoms with Gasteiger partial charge in [0.1, 0.15) is 23.9 Å². The second-order valence-electron chi connectivity index (χ2n) is 9.82. The van der Waals surface area contributed by atoms with Crippen LogP contribution in [0.5, 0.6) is 5.75 Å². The van der Waals surface area contributed by atoms with E-state index in [4.69, 9.17) is 4.74 Å². The SMILES string of the molecule is CCCCCCCN(C(=O)CNC(=O)OC(C)(C)C)C(C(=O)NCCCCC)c1ccccc1O. The van der Waals surface area contributed by atoms with Crippen LogP contribution in [-0.2, 0) is 14.3 Å². The predicted molar refractivity (Wildman–Crippen MR) is 138 cm³/mol. The molecule has 1 rings (SSSR count). The number of amides is 3. The second-order valence-corrected chi connectivity index (χ2v) is 9.82. The Morgan fingerprint density at radius 1 is 0.943 bits per heavy atom. The van der Waals surface area contributed by atoms with E-state index >= 15 is 0 Å². The molecule has 0 aliphatic rings. The van der Waals surface area contributed by atoms with Gasteiger partial charge in [0.05, 0.1) is 0 Å². The summed E-state index contributed by atoms with van der Waals surface area (Å²) in [7, 11) is 0. The molecule has 3 amide bonds. The molecule has 0 aliphatic carbocycles. The second kappa shape index (κ2) is 16.0. The quantitative estimate of drug-likeness (QED) is 0.297. The highest BCUT2D eigenvalue weighted by atomic mass is 16.6. The van der Waals surface area contributed by atoms with Crippen LogP contribution in [0.3, 0.4) is 0 Å². The number of nitrogens with zero attached hydrogens (tertiary/aromatic N) is 1. The van der Waals surface area contributed by atoms with Crippen LogP contribution >= 0.6 is 0 Å². The first-order valence-electron chi connectivity index (χ1n) is 12.9. The summed E-state index contributed by atoms with van der Waals surface area (Å²) in [4.78, 5) is 40.3. The van der Waals surface area contributed by atoms with Gasteiger partial charge in [0.25, 0.3) is 0 Å². The zero-order valence-corrected chi connectivity index (χ0v) is 22.2. The topological polar surface area (TPSA) is 108 Å². The zero-order chi connectivity index (χ0) is 26.3. The molecule has 1 unspecified atom stereocenters. The number of hydrogen-bond acceptors (Lipinski definition) is 5. The van der Waals surface area contributed by atoms with Gasteiger partial charge < -0.3 is 25.4 Å². The highest BCUT2D eigenvalue weighted by Gasteiger charge is 2.33. The molecule has 35 heavy (non-hydrogen) atoms. The van der Waals surface area contributed by atoms with Gasteiger partial charge in [-0.25, -0.2) is 4.79 Å². The van der Waals surface area contributed by atoms with Gasteiger partial charge in [0.2, 0.25) is 11.8 Å². The first kappa shape index (κ1) is 30.3. The van der Waals surface area contributed by atoms with Crippen LogP contribution in [0.2, 0.25) is 0 Å². The van der Waals surface area contributed by atoms with Crippen molar-refractivity contribution in [1.82, 2.24) is 15.5 Å². The Kier molecular flexibility index (Phi) is 13.8. The Morgan fingerprint density at radius 2 is 1.57 bits per heavy atom. The third-order valence-corrected chi connectivity index (χ3v) is 5.48. The van der Waals surface area contributed by atoms with Crippen molar-refractivity contribution in [1.29, 1.82) is 0 Å². The van der Waals surface area contributed by atoms with Gasteiger partial charge in [-0.1, -0.05) is 70.6 Å². The minimum absolute atomic E-state index is 0.0508. The molecule has 0 bridgehead atoms. The number of alkyl carbamates (subject to hydrolysis) is 1. The molecular weight excluding hydrogens is 446 g/mol. The molecule has 0 heterocycles. The maximum absolute atomic E-state index is 13.3. The van der Waals surface area contributed by atoms with Crippen LogP contribution in [0, 0.1) is 0 Å². The third-order valence-electron chi connectivity index (χ3n) is 5.48. The maximum atomic E-state index is 13.3. The molecule has 0 aliphatic heterocycles. The lowest BCUT2D eigenvalue weighted by Crippen LogP contribution is -2.48. The zero-order valence-electron chi connectivity index (χ0n) is 22.2. The molecule has 0 saturated carbocycles. The standard InChI is InChI=1S/C27H45N3O5/c1-6-8-10-11-15-19-30(23(32)20-29-26(34)35-27(3,4)5)24(21-16-12-13-17-22(21)31)25(33)28-18-14-9-7-2/h12-13,16-17,24,31H,6-11,14-15,18-20H2,1-5H3,(H,28,33)(H,29,34). The van der Waals surface area contributed by atoms with E-state index < -0.39 is 23.6 Å². The first-order chi connectivity index (χ1) is 16.6. The van der Waals surface area contributed by atoms with E-state index in [0.29, 0.717) is 25.1 Å². The van der Waals surface area contributed by atoms with Gasteiger partial charge in [0.15, 0.2) is 0 Å². The number of aromatic hydroxyl groups is 1. The lowest BCUT2D eigenvalue weighted by Gasteiger charge is -2.32. The lowest BCUT2D eigenvalue weighted by atomic mass is 10.0. The number of hydrogen-bond donors (Lipinski definition) is 3. The molecule has 198 valence electrons. The van der Waals surface area contributed by atoms with Gasteiger partial charge in [0, 0.05) is 18.7 Å². The van der Waals surface area contributed by atoms with Crippen molar-refractivity contribution in [2.45, 2.75) is 97.6 Å². The molecular formula is C27H45N3O5. The molecule has 8 nitrogen and oxygen atoms in total. The van der Waals surface area contributed by atoms with Crippen LogP contribution in [0.25, 0.3) is 0 Å². The van der Waals surface area contributed by atoms with Crippen LogP contribution in [0.1, 0.15) is 97.6 Å². The fourth-order valence-electron chi connectivity index (χ4n) is 3.70. The molecule has 1 aromatic rings. The van der Waals surface area contributed by atoms with Crippen LogP contribution in [-0.4, -0.2) is 53.1 Å². The van der Waals surface area contributed by atoms with E-state index in [2.05, 4.69) is 24.5 Å². The Bertz CT molecular complexity index is 791. The minimum Gasteiger partial charge on any atom is -0.508 e. The van der Waals surface area contributed by atoms with Crippen molar-refractivity contribution in [3.05, 3.63) is 29.8 Å². The minimum atomic E-state index is -1.00. The van der Waals surface area contributed by atoms with Crippen molar-refractivity contribution < 1.29 is 24.2 Å². The van der Waals surface area contributed by atoms with Gasteiger partial charge in [-0.2, -0.15) is 0 Å². The molecule has 0 fully saturated rings. The van der Waals surface area contributed by atoms with E-state index in [1.54, 1.807) is 39.0 Å². The van der Waals surface area contributed by atoms with Crippen LogP contribution in [0.15, 0.2) is 24.3 Å². The summed E-state index contributed by atoms with van der Waals surface area (Å²) in [6, 6.07) is 5.57. The fourth-order valence-corrected chi connectivity index (χ4v) is 3.70. The maximum Gasteiger partial charge on any atom is 0.408 e. The summed E-state index contributed by atoms with van der Waals surface area (Å²) in [5, 5.41) is 16.0. The number of unbranched alkanes of at least 4 members (excludes halogenated alkanes) is 6. The molecule has 0 spiro atoms. The predicted octanol–water partition coefficient (Wildman–Crippen LogP) is 5.06. The summed E-state index contributed by atoms with van der Waals surface area (Å²) >= 11 is 0. The first-order valence-corrected chi connectivity index (χ1v) is 12.9. The average molecular weight is 492 g/mol. The number of nitrogens with one attached hydrogen (secondary N) is 2. The summed E-state index contributed by atoms with van der Waals surface area (Å²) in [6.45, 7) is 9.97. The lowest BCUT2D eigenvalue weighted by molar-refractivity contribution is -0.140. The van der Waals surface area contributed by atoms with Crippen molar-refractivity contribution >= 4 is 17.9 Å². The summed E-state index contributed by atoms with van der Waals surface area (Å²) in [5.74, 6) is -0.810. The summed E-state index contributed by atoms with van der Waals surface area (Å²) in [5.41, 5.74) is -0.331. The molecule has 0 saturated heterocycles. The number of carbonyl (C=O) groups excluding carboxylic acids is 3. The molecule has 0 aromatic heterocycles. The normalized spacial score (nSPS) is 12.0. The molecule has 3 N–H and O–H groups in total. The number of phenols is 1. The van der Waals surface area contributed by atoms with Gasteiger partial charge in [-0.3, -0.25) is 9.59 Å². The van der Waals surface area contributed by atoms with E-state index in [1.165, 1.54) is 11.0 Å². The van der Waals surface area contributed by atoms with Gasteiger partial charge in [-0.05, 0) is 39.7 Å². The van der Waals surface area contributed by atoms with E-state index in [0.717, 1.165) is 44.9 Å². The van der Waals surface area contributed by atoms with E-state index in [1.807, 2.05) is 0 Å². The van der Waals surface area contributed by atoms with Crippen molar-refractivity contribution in [2.24, 2.45) is 0 Å². The molecule has 1 atom stereocenters. The van der Waals surface area contributed by atoms with Gasteiger partial charge in [-0.15, -0.1) is 0 Å². The number of phenolic OH excluding ortho intramolecular Hbond substituents is 1. The van der Waals surface area contributed by atoms with E-state index in [9.17, 15) is 19.5 Å². The average Bonchev–Trinajstić information content (AvgIpc) is 2.79. The number of rotatable bonds is 15. The number of benzene rings is 1. The van der Waals surface area contributed by atoms with Crippen molar-refractivity contribution in [3.8, 4) is 5.75 Å².